The Morgan fingerprint density at radius 2 is 2.33 bits per heavy atom. The van der Waals surface area contributed by atoms with E-state index in [4.69, 9.17) is 0 Å². The number of rotatable bonds is 4. The SMILES string of the molecule is C=C/C(=C\N=C)NC=O. The number of nitrogens with zero attached hydrogens (tertiary/aromatic N) is 1. The lowest BCUT2D eigenvalue weighted by Crippen LogP contribution is -2.06. The van der Waals surface area contributed by atoms with E-state index < -0.39 is 0 Å². The second-order valence-corrected chi connectivity index (χ2v) is 1.23. The molecule has 0 aromatic carbocycles. The monoisotopic (exact) mass is 124 g/mol. The molecule has 0 rings (SSSR count). The van der Waals surface area contributed by atoms with E-state index >= 15 is 0 Å². The topological polar surface area (TPSA) is 41.5 Å². The predicted molar refractivity (Wildman–Crippen MR) is 37.0 cm³/mol. The first-order chi connectivity index (χ1) is 4.35. The fourth-order valence-corrected chi connectivity index (χ4v) is 0.315. The summed E-state index contributed by atoms with van der Waals surface area (Å²) in [5.74, 6) is 0. The first-order valence-electron chi connectivity index (χ1n) is 2.33. The lowest BCUT2D eigenvalue weighted by atomic mass is 10.5. The smallest absolute Gasteiger partial charge is 0.211 e. The normalized spacial score (nSPS) is 10.0. The number of carbonyl (C=O) groups is 1. The second-order valence-electron chi connectivity index (χ2n) is 1.23. The molecule has 0 fully saturated rings. The van der Waals surface area contributed by atoms with Crippen molar-refractivity contribution in [1.29, 1.82) is 0 Å². The molecule has 0 bridgehead atoms. The van der Waals surface area contributed by atoms with E-state index in [-0.39, 0.29) is 0 Å². The van der Waals surface area contributed by atoms with Crippen LogP contribution < -0.4 is 5.32 Å². The Hall–Kier alpha value is -1.38. The summed E-state index contributed by atoms with van der Waals surface area (Å²) in [4.78, 5) is 13.2. The van der Waals surface area contributed by atoms with Crippen LogP contribution >= 0.6 is 0 Å². The van der Waals surface area contributed by atoms with Gasteiger partial charge in [0.1, 0.15) is 0 Å². The van der Waals surface area contributed by atoms with Crippen LogP contribution in [0.5, 0.6) is 0 Å². The minimum absolute atomic E-state index is 0.542. The van der Waals surface area contributed by atoms with Crippen LogP contribution in [0.4, 0.5) is 0 Å². The lowest BCUT2D eigenvalue weighted by molar-refractivity contribution is -0.108. The van der Waals surface area contributed by atoms with Crippen LogP contribution in [0.1, 0.15) is 0 Å². The van der Waals surface area contributed by atoms with Crippen molar-refractivity contribution in [3.8, 4) is 0 Å². The maximum Gasteiger partial charge on any atom is 0.211 e. The van der Waals surface area contributed by atoms with Crippen LogP contribution in [-0.2, 0) is 4.79 Å². The third-order valence-corrected chi connectivity index (χ3v) is 0.676. The zero-order chi connectivity index (χ0) is 7.11. The van der Waals surface area contributed by atoms with Crippen molar-refractivity contribution in [2.75, 3.05) is 0 Å². The Morgan fingerprint density at radius 1 is 1.67 bits per heavy atom. The van der Waals surface area contributed by atoms with Gasteiger partial charge < -0.3 is 5.32 Å². The molecule has 0 aliphatic rings. The number of allylic oxidation sites excluding steroid dienone is 1. The van der Waals surface area contributed by atoms with E-state index in [2.05, 4.69) is 23.6 Å². The van der Waals surface area contributed by atoms with Gasteiger partial charge in [-0.1, -0.05) is 6.58 Å². The highest BCUT2D eigenvalue weighted by Crippen LogP contribution is 1.86. The average molecular weight is 124 g/mol. The standard InChI is InChI=1S/C6H8N2O/c1-3-6(4-7-2)8-5-9/h3-5H,1-2H2,(H,8,9)/b6-4+. The van der Waals surface area contributed by atoms with Gasteiger partial charge in [-0.25, -0.2) is 0 Å². The van der Waals surface area contributed by atoms with Gasteiger partial charge in [0.25, 0.3) is 0 Å². The van der Waals surface area contributed by atoms with Crippen LogP contribution in [0.2, 0.25) is 0 Å². The van der Waals surface area contributed by atoms with E-state index in [1.54, 1.807) is 0 Å². The molecule has 9 heavy (non-hydrogen) atoms. The van der Waals surface area contributed by atoms with Gasteiger partial charge in [0.2, 0.25) is 6.41 Å². The van der Waals surface area contributed by atoms with Gasteiger partial charge in [-0.3, -0.25) is 9.79 Å². The van der Waals surface area contributed by atoms with Crippen LogP contribution in [0.15, 0.2) is 29.5 Å². The molecule has 0 saturated heterocycles. The second kappa shape index (κ2) is 4.77. The third-order valence-electron chi connectivity index (χ3n) is 0.676. The summed E-state index contributed by atoms with van der Waals surface area (Å²) in [5, 5.41) is 2.36. The van der Waals surface area contributed by atoms with Gasteiger partial charge in [0, 0.05) is 6.20 Å². The molecule has 0 aromatic heterocycles. The highest BCUT2D eigenvalue weighted by Gasteiger charge is 1.82. The van der Waals surface area contributed by atoms with E-state index in [9.17, 15) is 4.79 Å². The predicted octanol–water partition coefficient (Wildman–Crippen LogP) is 0.460. The molecule has 0 atom stereocenters. The Balaban J connectivity index is 3.95. The number of hydrogen-bond donors (Lipinski definition) is 1. The minimum Gasteiger partial charge on any atom is -0.327 e. The van der Waals surface area contributed by atoms with E-state index in [1.165, 1.54) is 12.3 Å². The molecule has 0 spiro atoms. The molecular formula is C6H8N2O. The first-order valence-corrected chi connectivity index (χ1v) is 2.33. The van der Waals surface area contributed by atoms with Crippen molar-refractivity contribution in [3.63, 3.8) is 0 Å². The van der Waals surface area contributed by atoms with Gasteiger partial charge in [0.05, 0.1) is 5.70 Å². The zero-order valence-electron chi connectivity index (χ0n) is 5.00. The Labute approximate surface area is 53.8 Å². The lowest BCUT2D eigenvalue weighted by Gasteiger charge is -1.92. The molecule has 0 aromatic rings. The summed E-state index contributed by atoms with van der Waals surface area (Å²) in [6.45, 7) is 6.62. The largest absolute Gasteiger partial charge is 0.327 e. The van der Waals surface area contributed by atoms with Gasteiger partial charge >= 0.3 is 0 Å². The number of carbonyl (C=O) groups excluding carboxylic acids is 1. The molecule has 0 saturated carbocycles. The van der Waals surface area contributed by atoms with Gasteiger partial charge in [-0.2, -0.15) is 0 Å². The van der Waals surface area contributed by atoms with Crippen LogP contribution in [0.3, 0.4) is 0 Å². The molecule has 1 amide bonds. The number of amides is 1. The maximum atomic E-state index is 9.79. The van der Waals surface area contributed by atoms with Crippen LogP contribution in [0, 0.1) is 0 Å². The molecule has 0 unspecified atom stereocenters. The van der Waals surface area contributed by atoms with Gasteiger partial charge in [0.15, 0.2) is 0 Å². The molecule has 0 radical (unpaired) electrons. The van der Waals surface area contributed by atoms with Crippen molar-refractivity contribution in [3.05, 3.63) is 24.6 Å². The molecule has 3 nitrogen and oxygen atoms in total. The molecular weight excluding hydrogens is 116 g/mol. The molecule has 0 aliphatic carbocycles. The highest BCUT2D eigenvalue weighted by atomic mass is 16.1. The zero-order valence-corrected chi connectivity index (χ0v) is 5.00. The van der Waals surface area contributed by atoms with Gasteiger partial charge in [-0.15, -0.1) is 0 Å². The molecule has 0 heterocycles. The summed E-state index contributed by atoms with van der Waals surface area (Å²) in [6.07, 6.45) is 3.43. The maximum absolute atomic E-state index is 9.79. The molecule has 1 N–H and O–H groups in total. The van der Waals surface area contributed by atoms with Crippen molar-refractivity contribution >= 4 is 13.1 Å². The number of hydrogen-bond acceptors (Lipinski definition) is 2. The highest BCUT2D eigenvalue weighted by molar-refractivity contribution is 5.51. The summed E-state index contributed by atoms with van der Waals surface area (Å²) < 4.78 is 0. The summed E-state index contributed by atoms with van der Waals surface area (Å²) in [7, 11) is 0. The van der Waals surface area contributed by atoms with E-state index in [0.717, 1.165) is 0 Å². The number of aliphatic imine (C=N–C) groups is 1. The summed E-state index contributed by atoms with van der Waals surface area (Å²) >= 11 is 0. The minimum atomic E-state index is 0.542. The average Bonchev–Trinajstić information content (AvgIpc) is 1.88. The number of nitrogens with one attached hydrogen (secondary N) is 1. The van der Waals surface area contributed by atoms with Crippen molar-refractivity contribution in [2.45, 2.75) is 0 Å². The van der Waals surface area contributed by atoms with Gasteiger partial charge in [-0.05, 0) is 12.8 Å². The Kier molecular flexibility index (Phi) is 4.04. The Morgan fingerprint density at radius 3 is 2.67 bits per heavy atom. The molecule has 0 aliphatic heterocycles. The quantitative estimate of drug-likeness (QED) is 0.330. The van der Waals surface area contributed by atoms with Crippen LogP contribution in [-0.4, -0.2) is 13.1 Å². The van der Waals surface area contributed by atoms with E-state index in [1.807, 2.05) is 0 Å². The fourth-order valence-electron chi connectivity index (χ4n) is 0.315. The fraction of sp³-hybridized carbons (Fsp3) is 0. The Bertz CT molecular complexity index is 149. The summed E-state index contributed by atoms with van der Waals surface area (Å²) in [5.41, 5.74) is 0.542. The van der Waals surface area contributed by atoms with E-state index in [0.29, 0.717) is 12.1 Å². The van der Waals surface area contributed by atoms with Crippen LogP contribution in [0.25, 0.3) is 0 Å². The molecule has 48 valence electrons. The molecule has 3 heteroatoms. The first kappa shape index (κ1) is 7.62. The van der Waals surface area contributed by atoms with Crippen molar-refractivity contribution in [1.82, 2.24) is 5.32 Å². The van der Waals surface area contributed by atoms with Crippen molar-refractivity contribution < 1.29 is 4.79 Å². The summed E-state index contributed by atoms with van der Waals surface area (Å²) in [6, 6.07) is 0. The third kappa shape index (κ3) is 3.22. The van der Waals surface area contributed by atoms with Crippen molar-refractivity contribution in [2.24, 2.45) is 4.99 Å².